The van der Waals surface area contributed by atoms with E-state index in [2.05, 4.69) is 42.7 Å². The summed E-state index contributed by atoms with van der Waals surface area (Å²) >= 11 is 4.27. The molecule has 15 heavy (non-hydrogen) atoms. The van der Waals surface area contributed by atoms with Gasteiger partial charge in [-0.05, 0) is 13.3 Å². The lowest BCUT2D eigenvalue weighted by atomic mass is 10.1. The smallest absolute Gasteiger partial charge is 0.0263 e. The molecule has 1 aliphatic heterocycles. The van der Waals surface area contributed by atoms with Gasteiger partial charge in [-0.2, -0.15) is 23.5 Å². The van der Waals surface area contributed by atoms with Gasteiger partial charge in [0.25, 0.3) is 0 Å². The summed E-state index contributed by atoms with van der Waals surface area (Å²) in [6, 6.07) is 0.712. The average molecular weight is 247 g/mol. The summed E-state index contributed by atoms with van der Waals surface area (Å²) in [6.07, 6.45) is 5.46. The number of hydrogen-bond acceptors (Lipinski definition) is 3. The molecule has 0 aliphatic carbocycles. The highest BCUT2D eigenvalue weighted by molar-refractivity contribution is 8.06. The summed E-state index contributed by atoms with van der Waals surface area (Å²) in [4.78, 5) is 0. The first kappa shape index (κ1) is 13.7. The molecule has 2 atom stereocenters. The zero-order chi connectivity index (χ0) is 10.9. The Kier molecular flexibility index (Phi) is 8.02. The molecular formula is C12H25NS2. The molecule has 1 fully saturated rings. The minimum absolute atomic E-state index is 0.712. The second-order valence-corrected chi connectivity index (χ2v) is 6.93. The van der Waals surface area contributed by atoms with Crippen molar-refractivity contribution in [3.05, 3.63) is 0 Å². The van der Waals surface area contributed by atoms with Gasteiger partial charge in [0.2, 0.25) is 0 Å². The lowest BCUT2D eigenvalue weighted by Gasteiger charge is -2.23. The fraction of sp³-hybridized carbons (Fsp3) is 1.00. The molecule has 0 saturated carbocycles. The van der Waals surface area contributed by atoms with Gasteiger partial charge in [0.05, 0.1) is 0 Å². The maximum atomic E-state index is 3.68. The monoisotopic (exact) mass is 247 g/mol. The Hall–Kier alpha value is 0.660. The molecule has 0 aromatic heterocycles. The zero-order valence-corrected chi connectivity index (χ0v) is 11.8. The van der Waals surface area contributed by atoms with E-state index in [1.54, 1.807) is 0 Å². The predicted octanol–water partition coefficient (Wildman–Crippen LogP) is 3.39. The third kappa shape index (κ3) is 6.75. The van der Waals surface area contributed by atoms with Crippen molar-refractivity contribution < 1.29 is 0 Å². The van der Waals surface area contributed by atoms with Crippen molar-refractivity contribution in [1.82, 2.24) is 5.32 Å². The van der Waals surface area contributed by atoms with Crippen molar-refractivity contribution in [3.8, 4) is 0 Å². The van der Waals surface area contributed by atoms with Gasteiger partial charge in [-0.3, -0.25) is 0 Å². The van der Waals surface area contributed by atoms with Crippen LogP contribution in [-0.4, -0.2) is 35.1 Å². The molecular weight excluding hydrogens is 222 g/mol. The average Bonchev–Trinajstić information content (AvgIpc) is 2.28. The van der Waals surface area contributed by atoms with E-state index in [-0.39, 0.29) is 0 Å². The van der Waals surface area contributed by atoms with Crippen molar-refractivity contribution in [2.75, 3.05) is 23.8 Å². The van der Waals surface area contributed by atoms with Crippen LogP contribution in [0.5, 0.6) is 0 Å². The van der Waals surface area contributed by atoms with Gasteiger partial charge in [0, 0.05) is 35.1 Å². The maximum absolute atomic E-state index is 3.68. The van der Waals surface area contributed by atoms with Crippen molar-refractivity contribution in [1.29, 1.82) is 0 Å². The van der Waals surface area contributed by atoms with Crippen LogP contribution in [0.15, 0.2) is 0 Å². The van der Waals surface area contributed by atoms with Gasteiger partial charge in [0.1, 0.15) is 0 Å². The fourth-order valence-corrected chi connectivity index (χ4v) is 4.41. The Balaban J connectivity index is 1.97. The normalized spacial score (nSPS) is 24.0. The van der Waals surface area contributed by atoms with Crippen LogP contribution in [0.2, 0.25) is 0 Å². The van der Waals surface area contributed by atoms with Crippen LogP contribution in [0.4, 0.5) is 0 Å². The molecule has 0 radical (unpaired) electrons. The first-order chi connectivity index (χ1) is 7.33. The Morgan fingerprint density at radius 2 is 2.20 bits per heavy atom. The summed E-state index contributed by atoms with van der Waals surface area (Å²) in [5.74, 6) is 4.05. The molecule has 1 aliphatic rings. The number of rotatable bonds is 7. The molecule has 3 heteroatoms. The second-order valence-electron chi connectivity index (χ2n) is 4.37. The minimum atomic E-state index is 0.712. The van der Waals surface area contributed by atoms with Crippen LogP contribution in [0.1, 0.15) is 39.5 Å². The minimum Gasteiger partial charge on any atom is -0.313 e. The molecule has 0 spiro atoms. The standard InChI is InChI=1S/C12H25NS2/c1-3-4-5-6-11(2)13-9-12-10-14-7-8-15-12/h11-13H,3-10H2,1-2H3. The second kappa shape index (κ2) is 8.77. The summed E-state index contributed by atoms with van der Waals surface area (Å²) in [5.41, 5.74) is 0. The third-order valence-electron chi connectivity index (χ3n) is 2.82. The Bertz CT molecular complexity index is 147. The van der Waals surface area contributed by atoms with Gasteiger partial charge >= 0.3 is 0 Å². The molecule has 1 N–H and O–H groups in total. The van der Waals surface area contributed by atoms with E-state index in [1.807, 2.05) is 0 Å². The Labute approximate surface area is 104 Å². The summed E-state index contributed by atoms with van der Waals surface area (Å²) in [7, 11) is 0. The van der Waals surface area contributed by atoms with Crippen LogP contribution >= 0.6 is 23.5 Å². The topological polar surface area (TPSA) is 12.0 Å². The number of unbranched alkanes of at least 4 members (excludes halogenated alkanes) is 2. The lowest BCUT2D eigenvalue weighted by molar-refractivity contribution is 0.491. The van der Waals surface area contributed by atoms with Gasteiger partial charge in [-0.25, -0.2) is 0 Å². The molecule has 1 nitrogen and oxygen atoms in total. The Morgan fingerprint density at radius 1 is 1.33 bits per heavy atom. The summed E-state index contributed by atoms with van der Waals surface area (Å²) in [5, 5.41) is 4.54. The number of thioether (sulfide) groups is 2. The van der Waals surface area contributed by atoms with Crippen LogP contribution in [-0.2, 0) is 0 Å². The first-order valence-electron chi connectivity index (χ1n) is 6.25. The summed E-state index contributed by atoms with van der Waals surface area (Å²) in [6.45, 7) is 5.81. The molecule has 1 saturated heterocycles. The summed E-state index contributed by atoms with van der Waals surface area (Å²) < 4.78 is 0. The van der Waals surface area contributed by atoms with Crippen LogP contribution in [0, 0.1) is 0 Å². The van der Waals surface area contributed by atoms with Crippen molar-refractivity contribution in [2.24, 2.45) is 0 Å². The highest BCUT2D eigenvalue weighted by Gasteiger charge is 2.14. The van der Waals surface area contributed by atoms with E-state index < -0.39 is 0 Å². The first-order valence-corrected chi connectivity index (χ1v) is 8.46. The van der Waals surface area contributed by atoms with Gasteiger partial charge < -0.3 is 5.32 Å². The van der Waals surface area contributed by atoms with E-state index in [0.29, 0.717) is 6.04 Å². The molecule has 1 rings (SSSR count). The molecule has 0 aromatic rings. The molecule has 0 aromatic carbocycles. The molecule has 2 unspecified atom stereocenters. The quantitative estimate of drug-likeness (QED) is 0.693. The Morgan fingerprint density at radius 3 is 2.87 bits per heavy atom. The van der Waals surface area contributed by atoms with Crippen LogP contribution in [0.3, 0.4) is 0 Å². The molecule has 0 amide bonds. The maximum Gasteiger partial charge on any atom is 0.0263 e. The van der Waals surface area contributed by atoms with Gasteiger partial charge in [-0.1, -0.05) is 26.2 Å². The van der Waals surface area contributed by atoms with E-state index in [4.69, 9.17) is 0 Å². The third-order valence-corrected chi connectivity index (χ3v) is 5.66. The molecule has 90 valence electrons. The van der Waals surface area contributed by atoms with Crippen LogP contribution < -0.4 is 5.32 Å². The fourth-order valence-electron chi connectivity index (χ4n) is 1.79. The van der Waals surface area contributed by atoms with E-state index in [1.165, 1.54) is 49.5 Å². The van der Waals surface area contributed by atoms with Crippen molar-refractivity contribution in [2.45, 2.75) is 50.8 Å². The molecule has 0 bridgehead atoms. The van der Waals surface area contributed by atoms with E-state index in [9.17, 15) is 0 Å². The highest BCUT2D eigenvalue weighted by atomic mass is 32.2. The highest BCUT2D eigenvalue weighted by Crippen LogP contribution is 2.23. The largest absolute Gasteiger partial charge is 0.313 e. The number of nitrogens with one attached hydrogen (secondary N) is 1. The van der Waals surface area contributed by atoms with Crippen molar-refractivity contribution in [3.63, 3.8) is 0 Å². The van der Waals surface area contributed by atoms with E-state index >= 15 is 0 Å². The molecule has 1 heterocycles. The van der Waals surface area contributed by atoms with Crippen molar-refractivity contribution >= 4 is 23.5 Å². The van der Waals surface area contributed by atoms with E-state index in [0.717, 1.165) is 5.25 Å². The van der Waals surface area contributed by atoms with Gasteiger partial charge in [0.15, 0.2) is 0 Å². The SMILES string of the molecule is CCCCCC(C)NCC1CSCCS1. The van der Waals surface area contributed by atoms with Crippen LogP contribution in [0.25, 0.3) is 0 Å². The predicted molar refractivity (Wildman–Crippen MR) is 75.2 cm³/mol. The lowest BCUT2D eigenvalue weighted by Crippen LogP contribution is -2.34. The zero-order valence-electron chi connectivity index (χ0n) is 10.1. The van der Waals surface area contributed by atoms with Gasteiger partial charge in [-0.15, -0.1) is 0 Å². The number of hydrogen-bond donors (Lipinski definition) is 1.